The van der Waals surface area contributed by atoms with Crippen molar-refractivity contribution in [1.82, 2.24) is 9.80 Å². The number of hydrogen-bond acceptors (Lipinski definition) is 4. The Hall–Kier alpha value is -1.89. The van der Waals surface area contributed by atoms with Crippen molar-refractivity contribution in [2.45, 2.75) is 37.5 Å². The second kappa shape index (κ2) is 7.56. The maximum atomic E-state index is 12.5. The van der Waals surface area contributed by atoms with Gasteiger partial charge in [0.25, 0.3) is 0 Å². The van der Waals surface area contributed by atoms with Crippen LogP contribution < -0.4 is 0 Å². The lowest BCUT2D eigenvalue weighted by Crippen LogP contribution is -2.48. The summed E-state index contributed by atoms with van der Waals surface area (Å²) in [6, 6.07) is 6.88. The maximum absolute atomic E-state index is 12.5. The Morgan fingerprint density at radius 2 is 1.64 bits per heavy atom. The maximum Gasteiger partial charge on any atom is 0.223 e. The van der Waals surface area contributed by atoms with E-state index in [1.54, 1.807) is 21.9 Å². The van der Waals surface area contributed by atoms with Gasteiger partial charge in [0.15, 0.2) is 9.84 Å². The minimum atomic E-state index is -3.49. The third kappa shape index (κ3) is 5.04. The van der Waals surface area contributed by atoms with Gasteiger partial charge in [-0.25, -0.2) is 8.42 Å². The van der Waals surface area contributed by atoms with E-state index in [1.165, 1.54) is 0 Å². The second-order valence-electron chi connectivity index (χ2n) is 7.37. The minimum absolute atomic E-state index is 0.0373. The van der Waals surface area contributed by atoms with E-state index in [2.05, 4.69) is 20.8 Å². The van der Waals surface area contributed by atoms with Gasteiger partial charge in [-0.1, -0.05) is 32.9 Å². The first-order chi connectivity index (χ1) is 11.6. The number of carbonyl (C=O) groups is 2. The number of sulfone groups is 1. The van der Waals surface area contributed by atoms with E-state index in [-0.39, 0.29) is 28.4 Å². The molecule has 0 bridgehead atoms. The monoisotopic (exact) mass is 366 g/mol. The topological polar surface area (TPSA) is 74.8 Å². The van der Waals surface area contributed by atoms with Crippen LogP contribution in [0, 0.1) is 0 Å². The van der Waals surface area contributed by atoms with Crippen LogP contribution in [0.5, 0.6) is 0 Å². The quantitative estimate of drug-likeness (QED) is 0.739. The van der Waals surface area contributed by atoms with Crippen LogP contribution in [0.3, 0.4) is 0 Å². The van der Waals surface area contributed by atoms with Crippen LogP contribution in [0.15, 0.2) is 29.2 Å². The summed E-state index contributed by atoms with van der Waals surface area (Å²) in [4.78, 5) is 26.4. The molecule has 0 aliphatic carbocycles. The average Bonchev–Trinajstić information content (AvgIpc) is 2.59. The third-order valence-electron chi connectivity index (χ3n) is 4.48. The minimum Gasteiger partial charge on any atom is -0.342 e. The molecule has 1 fully saturated rings. The molecule has 0 aromatic heterocycles. The molecule has 2 rings (SSSR count). The summed E-state index contributed by atoms with van der Waals surface area (Å²) >= 11 is 0. The smallest absolute Gasteiger partial charge is 0.223 e. The number of benzene rings is 1. The molecule has 1 aromatic carbocycles. The normalized spacial score (nSPS) is 16.0. The molecule has 7 heteroatoms. The summed E-state index contributed by atoms with van der Waals surface area (Å²) in [6.07, 6.45) is 0.734. The van der Waals surface area contributed by atoms with Gasteiger partial charge < -0.3 is 9.80 Å². The first-order valence-electron chi connectivity index (χ1n) is 8.44. The zero-order chi connectivity index (χ0) is 18.7. The average molecular weight is 366 g/mol. The van der Waals surface area contributed by atoms with Gasteiger partial charge in [0.05, 0.1) is 10.6 Å². The van der Waals surface area contributed by atoms with Crippen LogP contribution in [-0.4, -0.2) is 62.5 Å². The Morgan fingerprint density at radius 3 is 2.12 bits per heavy atom. The van der Waals surface area contributed by atoms with Crippen LogP contribution in [0.4, 0.5) is 0 Å². The predicted octanol–water partition coefficient (Wildman–Crippen LogP) is 1.45. The highest BCUT2D eigenvalue weighted by atomic mass is 32.2. The summed E-state index contributed by atoms with van der Waals surface area (Å²) in [6.45, 7) is 8.11. The van der Waals surface area contributed by atoms with E-state index in [0.717, 1.165) is 12.0 Å². The van der Waals surface area contributed by atoms with Crippen molar-refractivity contribution >= 4 is 22.2 Å². The molecule has 0 spiro atoms. The standard InChI is InChI=1S/C18H26N2O4S/c1-18(2,3)15-4-6-16(7-5-15)25(23,24)13-8-17(22)20-11-9-19(14-21)10-12-20/h4-7,14H,8-13H2,1-3H3. The van der Waals surface area contributed by atoms with Crippen LogP contribution >= 0.6 is 0 Å². The molecule has 138 valence electrons. The lowest BCUT2D eigenvalue weighted by molar-refractivity contribution is -0.134. The second-order valence-corrected chi connectivity index (χ2v) is 9.47. The van der Waals surface area contributed by atoms with Gasteiger partial charge in [-0.15, -0.1) is 0 Å². The molecule has 1 saturated heterocycles. The van der Waals surface area contributed by atoms with Crippen molar-refractivity contribution < 1.29 is 18.0 Å². The first-order valence-corrected chi connectivity index (χ1v) is 10.1. The van der Waals surface area contributed by atoms with Gasteiger partial charge in [-0.05, 0) is 23.1 Å². The van der Waals surface area contributed by atoms with Gasteiger partial charge in [0.2, 0.25) is 12.3 Å². The summed E-state index contributed by atoms with van der Waals surface area (Å²) in [5, 5.41) is 0. The molecule has 1 aromatic rings. The molecule has 1 heterocycles. The zero-order valence-electron chi connectivity index (χ0n) is 15.1. The van der Waals surface area contributed by atoms with E-state index in [0.29, 0.717) is 26.2 Å². The number of rotatable bonds is 5. The Bertz CT molecular complexity index is 712. The van der Waals surface area contributed by atoms with E-state index in [4.69, 9.17) is 0 Å². The molecule has 1 aliphatic rings. The molecule has 0 atom stereocenters. The SMILES string of the molecule is CC(C)(C)c1ccc(S(=O)(=O)CCC(=O)N2CCN(C=O)CC2)cc1. The highest BCUT2D eigenvalue weighted by Gasteiger charge is 2.23. The number of carbonyl (C=O) groups excluding carboxylic acids is 2. The molecular weight excluding hydrogens is 340 g/mol. The molecule has 25 heavy (non-hydrogen) atoms. The number of hydrogen-bond donors (Lipinski definition) is 0. The van der Waals surface area contributed by atoms with Crippen molar-refractivity contribution in [3.63, 3.8) is 0 Å². The largest absolute Gasteiger partial charge is 0.342 e. The fourth-order valence-electron chi connectivity index (χ4n) is 2.74. The Morgan fingerprint density at radius 1 is 1.08 bits per heavy atom. The van der Waals surface area contributed by atoms with Crippen molar-refractivity contribution in [3.8, 4) is 0 Å². The zero-order valence-corrected chi connectivity index (χ0v) is 15.9. The summed E-state index contributed by atoms with van der Waals surface area (Å²) in [5.41, 5.74) is 1.03. The summed E-state index contributed by atoms with van der Waals surface area (Å²) in [7, 11) is -3.49. The highest BCUT2D eigenvalue weighted by Crippen LogP contribution is 2.24. The van der Waals surface area contributed by atoms with Gasteiger partial charge in [0, 0.05) is 32.6 Å². The van der Waals surface area contributed by atoms with Crippen LogP contribution in [0.1, 0.15) is 32.8 Å². The Labute approximate surface area is 149 Å². The van der Waals surface area contributed by atoms with Gasteiger partial charge in [0.1, 0.15) is 0 Å². The molecular formula is C18H26N2O4S. The molecule has 6 nitrogen and oxygen atoms in total. The van der Waals surface area contributed by atoms with E-state index in [9.17, 15) is 18.0 Å². The highest BCUT2D eigenvalue weighted by molar-refractivity contribution is 7.91. The van der Waals surface area contributed by atoms with Crippen molar-refractivity contribution in [2.24, 2.45) is 0 Å². The molecule has 2 amide bonds. The Kier molecular flexibility index (Phi) is 5.87. The van der Waals surface area contributed by atoms with Gasteiger partial charge in [-0.2, -0.15) is 0 Å². The van der Waals surface area contributed by atoms with Crippen molar-refractivity contribution in [3.05, 3.63) is 29.8 Å². The van der Waals surface area contributed by atoms with Crippen molar-refractivity contribution in [1.29, 1.82) is 0 Å². The van der Waals surface area contributed by atoms with Gasteiger partial charge in [-0.3, -0.25) is 9.59 Å². The van der Waals surface area contributed by atoms with Crippen molar-refractivity contribution in [2.75, 3.05) is 31.9 Å². The van der Waals surface area contributed by atoms with E-state index in [1.807, 2.05) is 12.1 Å². The molecule has 0 N–H and O–H groups in total. The molecule has 0 saturated carbocycles. The van der Waals surface area contributed by atoms with Crippen LogP contribution in [0.25, 0.3) is 0 Å². The molecule has 0 radical (unpaired) electrons. The lowest BCUT2D eigenvalue weighted by atomic mass is 9.87. The van der Waals surface area contributed by atoms with Crippen LogP contribution in [-0.2, 0) is 24.8 Å². The number of nitrogens with zero attached hydrogens (tertiary/aromatic N) is 2. The Balaban J connectivity index is 1.95. The van der Waals surface area contributed by atoms with E-state index >= 15 is 0 Å². The fourth-order valence-corrected chi connectivity index (χ4v) is 3.97. The predicted molar refractivity (Wildman–Crippen MR) is 96.0 cm³/mol. The number of piperazine rings is 1. The van der Waals surface area contributed by atoms with Gasteiger partial charge >= 0.3 is 0 Å². The lowest BCUT2D eigenvalue weighted by Gasteiger charge is -2.32. The molecule has 1 aliphatic heterocycles. The summed E-state index contributed by atoms with van der Waals surface area (Å²) < 4.78 is 24.9. The fraction of sp³-hybridized carbons (Fsp3) is 0.556. The third-order valence-corrected chi connectivity index (χ3v) is 6.21. The van der Waals surface area contributed by atoms with Crippen LogP contribution in [0.2, 0.25) is 0 Å². The number of amides is 2. The molecule has 0 unspecified atom stereocenters. The van der Waals surface area contributed by atoms with E-state index < -0.39 is 9.84 Å². The summed E-state index contributed by atoms with van der Waals surface area (Å²) in [5.74, 6) is -0.380. The first kappa shape index (κ1) is 19.4.